The van der Waals surface area contributed by atoms with Gasteiger partial charge in [-0.2, -0.15) is 0 Å². The lowest BCUT2D eigenvalue weighted by Crippen LogP contribution is -2.41. The molecule has 0 spiro atoms. The molecular formula is C17H25BO3. The highest BCUT2D eigenvalue weighted by molar-refractivity contribution is 6.48. The van der Waals surface area contributed by atoms with Gasteiger partial charge in [-0.25, -0.2) is 0 Å². The molecule has 0 radical (unpaired) electrons. The summed E-state index contributed by atoms with van der Waals surface area (Å²) in [5.41, 5.74) is 0.307. The second-order valence-corrected chi connectivity index (χ2v) is 6.96. The molecule has 1 saturated heterocycles. The number of benzene rings is 1. The molecule has 2 atom stereocenters. The Balaban J connectivity index is 2.36. The van der Waals surface area contributed by atoms with Gasteiger partial charge in [0.1, 0.15) is 5.78 Å². The van der Waals surface area contributed by atoms with E-state index in [1.54, 1.807) is 6.92 Å². The van der Waals surface area contributed by atoms with Crippen LogP contribution in [0.25, 0.3) is 0 Å². The summed E-state index contributed by atoms with van der Waals surface area (Å²) in [6, 6.07) is 10.0. The van der Waals surface area contributed by atoms with Crippen LogP contribution in [0.2, 0.25) is 0 Å². The van der Waals surface area contributed by atoms with Gasteiger partial charge in [-0.1, -0.05) is 37.3 Å². The third-order valence-corrected chi connectivity index (χ3v) is 4.93. The highest BCUT2D eigenvalue weighted by Crippen LogP contribution is 2.43. The summed E-state index contributed by atoms with van der Waals surface area (Å²) in [5.74, 6) is -0.0922. The molecule has 0 saturated carbocycles. The maximum Gasteiger partial charge on any atom is 0.466 e. The summed E-state index contributed by atoms with van der Waals surface area (Å²) in [6.45, 7) is 11.7. The van der Waals surface area contributed by atoms with E-state index in [-0.39, 0.29) is 28.7 Å². The zero-order chi connectivity index (χ0) is 15.8. The minimum Gasteiger partial charge on any atom is -0.403 e. The predicted molar refractivity (Wildman–Crippen MR) is 85.1 cm³/mol. The molecular weight excluding hydrogens is 263 g/mol. The zero-order valence-electron chi connectivity index (χ0n) is 13.8. The average molecular weight is 288 g/mol. The minimum atomic E-state index is -0.406. The van der Waals surface area contributed by atoms with Gasteiger partial charge in [-0.3, -0.25) is 4.79 Å². The Bertz CT molecular complexity index is 494. The van der Waals surface area contributed by atoms with Crippen LogP contribution in [0.4, 0.5) is 0 Å². The Kier molecular flexibility index (Phi) is 4.32. The molecule has 0 unspecified atom stereocenters. The van der Waals surface area contributed by atoms with Crippen molar-refractivity contribution in [3.63, 3.8) is 0 Å². The second-order valence-electron chi connectivity index (χ2n) is 6.96. The van der Waals surface area contributed by atoms with Gasteiger partial charge in [0, 0.05) is 11.7 Å². The second kappa shape index (κ2) is 5.58. The van der Waals surface area contributed by atoms with Crippen LogP contribution in [-0.2, 0) is 14.1 Å². The SMILES string of the molecule is CC(=O)[C@@H](C)[C@@H](B1OC(C)(C)C(C)(C)O1)c1ccccc1. The van der Waals surface area contributed by atoms with E-state index in [1.165, 1.54) is 0 Å². The first-order valence-electron chi connectivity index (χ1n) is 7.57. The smallest absolute Gasteiger partial charge is 0.403 e. The van der Waals surface area contributed by atoms with Gasteiger partial charge in [-0.15, -0.1) is 0 Å². The Hall–Kier alpha value is -1.13. The molecule has 0 aliphatic carbocycles. The lowest BCUT2D eigenvalue weighted by Gasteiger charge is -2.32. The molecule has 1 fully saturated rings. The molecule has 1 aliphatic heterocycles. The van der Waals surface area contributed by atoms with Crippen molar-refractivity contribution in [2.24, 2.45) is 5.92 Å². The topological polar surface area (TPSA) is 35.5 Å². The van der Waals surface area contributed by atoms with E-state index in [0.717, 1.165) is 5.56 Å². The average Bonchev–Trinajstić information content (AvgIpc) is 2.59. The van der Waals surface area contributed by atoms with Gasteiger partial charge in [-0.05, 0) is 40.2 Å². The van der Waals surface area contributed by atoms with Crippen molar-refractivity contribution in [3.8, 4) is 0 Å². The third kappa shape index (κ3) is 3.07. The molecule has 1 aliphatic rings. The van der Waals surface area contributed by atoms with Crippen molar-refractivity contribution in [2.45, 2.75) is 58.6 Å². The first-order valence-corrected chi connectivity index (χ1v) is 7.57. The van der Waals surface area contributed by atoms with E-state index in [0.29, 0.717) is 0 Å². The van der Waals surface area contributed by atoms with E-state index in [4.69, 9.17) is 9.31 Å². The summed E-state index contributed by atoms with van der Waals surface area (Å²) >= 11 is 0. The van der Waals surface area contributed by atoms with Crippen LogP contribution in [0.15, 0.2) is 30.3 Å². The summed E-state index contributed by atoms with van der Waals surface area (Å²) in [4.78, 5) is 11.9. The molecule has 2 rings (SSSR count). The fourth-order valence-electron chi connectivity index (χ4n) is 2.64. The van der Waals surface area contributed by atoms with Crippen LogP contribution in [0, 0.1) is 5.92 Å². The highest BCUT2D eigenvalue weighted by Gasteiger charge is 2.55. The van der Waals surface area contributed by atoms with Crippen molar-refractivity contribution in [2.75, 3.05) is 0 Å². The van der Waals surface area contributed by atoms with Crippen LogP contribution in [-0.4, -0.2) is 24.1 Å². The quantitative estimate of drug-likeness (QED) is 0.794. The number of carbonyl (C=O) groups excluding carboxylic acids is 1. The molecule has 0 amide bonds. The molecule has 3 nitrogen and oxygen atoms in total. The van der Waals surface area contributed by atoms with Crippen molar-refractivity contribution >= 4 is 12.9 Å². The summed E-state index contributed by atoms with van der Waals surface area (Å²) in [7, 11) is -0.406. The fourth-order valence-corrected chi connectivity index (χ4v) is 2.64. The number of Topliss-reactive ketones (excluding diaryl/α,β-unsaturated/α-hetero) is 1. The standard InChI is InChI=1S/C17H25BO3/c1-12(13(2)19)15(14-10-8-7-9-11-14)18-20-16(3,4)17(5,6)21-18/h7-12,15H,1-6H3/t12-,15-/m1/s1. The van der Waals surface area contributed by atoms with Gasteiger partial charge < -0.3 is 9.31 Å². The van der Waals surface area contributed by atoms with Gasteiger partial charge in [0.25, 0.3) is 0 Å². The number of hydrogen-bond acceptors (Lipinski definition) is 3. The van der Waals surface area contributed by atoms with Gasteiger partial charge in [0.15, 0.2) is 0 Å². The largest absolute Gasteiger partial charge is 0.466 e. The molecule has 1 heterocycles. The minimum absolute atomic E-state index is 0.0928. The summed E-state index contributed by atoms with van der Waals surface area (Å²) in [5, 5.41) is 0. The lowest BCUT2D eigenvalue weighted by molar-refractivity contribution is -0.120. The fraction of sp³-hybridized carbons (Fsp3) is 0.588. The van der Waals surface area contributed by atoms with Crippen LogP contribution in [0.5, 0.6) is 0 Å². The Labute approximate surface area is 128 Å². The van der Waals surface area contributed by atoms with Crippen molar-refractivity contribution in [1.82, 2.24) is 0 Å². The monoisotopic (exact) mass is 288 g/mol. The van der Waals surface area contributed by atoms with Gasteiger partial charge in [0.2, 0.25) is 0 Å². The van der Waals surface area contributed by atoms with Crippen LogP contribution < -0.4 is 0 Å². The first kappa shape index (κ1) is 16.2. The molecule has 0 aromatic heterocycles. The van der Waals surface area contributed by atoms with Gasteiger partial charge in [0.05, 0.1) is 11.2 Å². The molecule has 1 aromatic rings. The van der Waals surface area contributed by atoms with Crippen molar-refractivity contribution in [1.29, 1.82) is 0 Å². The number of rotatable bonds is 4. The Morgan fingerprint density at radius 1 is 1.05 bits per heavy atom. The number of hydrogen-bond donors (Lipinski definition) is 0. The molecule has 0 N–H and O–H groups in total. The third-order valence-electron chi connectivity index (χ3n) is 4.93. The maximum absolute atomic E-state index is 11.9. The van der Waals surface area contributed by atoms with E-state index in [1.807, 2.05) is 65.0 Å². The number of ketones is 1. The Morgan fingerprint density at radius 3 is 1.95 bits per heavy atom. The predicted octanol–water partition coefficient (Wildman–Crippen LogP) is 3.63. The van der Waals surface area contributed by atoms with E-state index in [9.17, 15) is 4.79 Å². The lowest BCUT2D eigenvalue weighted by atomic mass is 9.61. The summed E-state index contributed by atoms with van der Waals surface area (Å²) < 4.78 is 12.4. The van der Waals surface area contributed by atoms with E-state index < -0.39 is 7.12 Å². The van der Waals surface area contributed by atoms with E-state index in [2.05, 4.69) is 0 Å². The Morgan fingerprint density at radius 2 is 1.52 bits per heavy atom. The van der Waals surface area contributed by atoms with Crippen molar-refractivity contribution < 1.29 is 14.1 Å². The van der Waals surface area contributed by atoms with E-state index >= 15 is 0 Å². The molecule has 21 heavy (non-hydrogen) atoms. The molecule has 4 heteroatoms. The van der Waals surface area contributed by atoms with Gasteiger partial charge >= 0.3 is 7.12 Å². The van der Waals surface area contributed by atoms with Crippen LogP contribution >= 0.6 is 0 Å². The van der Waals surface area contributed by atoms with Crippen LogP contribution in [0.3, 0.4) is 0 Å². The summed E-state index contributed by atoms with van der Waals surface area (Å²) in [6.07, 6.45) is 0. The van der Waals surface area contributed by atoms with Crippen LogP contribution in [0.1, 0.15) is 52.9 Å². The van der Waals surface area contributed by atoms with Crippen molar-refractivity contribution in [3.05, 3.63) is 35.9 Å². The normalized spacial score (nSPS) is 22.9. The molecule has 114 valence electrons. The highest BCUT2D eigenvalue weighted by atomic mass is 16.7. The zero-order valence-corrected chi connectivity index (χ0v) is 13.8. The maximum atomic E-state index is 11.9. The molecule has 0 bridgehead atoms. The molecule has 1 aromatic carbocycles. The first-order chi connectivity index (χ1) is 9.66. The number of carbonyl (C=O) groups is 1.